The number of benzene rings is 1. The molecule has 204 valence electrons. The second-order valence-electron chi connectivity index (χ2n) is 8.91. The maximum absolute atomic E-state index is 13.3. The molecule has 0 spiro atoms. The average Bonchev–Trinajstić information content (AvgIpc) is 3.50. The molecule has 0 bridgehead atoms. The topological polar surface area (TPSA) is 85.4 Å². The van der Waals surface area contributed by atoms with E-state index in [4.69, 9.17) is 14.2 Å². The van der Waals surface area contributed by atoms with Crippen LogP contribution in [0.15, 0.2) is 11.6 Å². The van der Waals surface area contributed by atoms with E-state index in [0.717, 1.165) is 30.8 Å². The van der Waals surface area contributed by atoms with E-state index in [1.807, 2.05) is 11.8 Å². The van der Waals surface area contributed by atoms with Crippen LogP contribution in [0.4, 0.5) is 18.9 Å². The lowest BCUT2D eigenvalue weighted by Crippen LogP contribution is -2.39. The molecule has 12 heteroatoms. The summed E-state index contributed by atoms with van der Waals surface area (Å²) in [6.07, 6.45) is -2.78. The minimum absolute atomic E-state index is 0.0700. The summed E-state index contributed by atoms with van der Waals surface area (Å²) in [5.41, 5.74) is 1.74. The Morgan fingerprint density at radius 1 is 1.27 bits per heavy atom. The standard InChI is InChI=1S/C25H31F3N2O6S/c1-15(6-8-19(31)35-11-9-30-10-12-37-14-30)5-7-17-21(29(3)24(33)25(26,27)28)20-18(13-36-23(20)32)16(2)22(17)34-4/h5H,6-14H2,1-4H3. The smallest absolute Gasteiger partial charge is 0.471 e. The van der Waals surface area contributed by atoms with Crippen molar-refractivity contribution in [1.29, 1.82) is 0 Å². The Balaban J connectivity index is 1.79. The maximum Gasteiger partial charge on any atom is 0.471 e. The van der Waals surface area contributed by atoms with Crippen LogP contribution in [0.2, 0.25) is 0 Å². The van der Waals surface area contributed by atoms with Gasteiger partial charge in [0, 0.05) is 49.3 Å². The lowest BCUT2D eigenvalue weighted by atomic mass is 9.92. The van der Waals surface area contributed by atoms with Gasteiger partial charge in [0.2, 0.25) is 0 Å². The number of carbonyl (C=O) groups excluding carboxylic acids is 3. The van der Waals surface area contributed by atoms with E-state index in [0.29, 0.717) is 35.6 Å². The number of rotatable bonds is 10. The van der Waals surface area contributed by atoms with Crippen molar-refractivity contribution in [3.63, 3.8) is 0 Å². The van der Waals surface area contributed by atoms with Gasteiger partial charge in [-0.25, -0.2) is 4.79 Å². The minimum atomic E-state index is -5.14. The van der Waals surface area contributed by atoms with Crippen molar-refractivity contribution in [2.75, 3.05) is 50.4 Å². The summed E-state index contributed by atoms with van der Waals surface area (Å²) < 4.78 is 55.8. The molecular weight excluding hydrogens is 513 g/mol. The Hall–Kier alpha value is -2.73. The number of cyclic esters (lactones) is 1. The van der Waals surface area contributed by atoms with Crippen molar-refractivity contribution >= 4 is 35.3 Å². The van der Waals surface area contributed by atoms with Crippen molar-refractivity contribution < 1.29 is 41.8 Å². The van der Waals surface area contributed by atoms with Gasteiger partial charge in [-0.2, -0.15) is 13.2 Å². The molecule has 0 radical (unpaired) electrons. The molecule has 0 N–H and O–H groups in total. The third-order valence-electron chi connectivity index (χ3n) is 6.40. The summed E-state index contributed by atoms with van der Waals surface area (Å²) in [6, 6.07) is 0. The molecule has 3 rings (SSSR count). The summed E-state index contributed by atoms with van der Waals surface area (Å²) in [7, 11) is 2.35. The lowest BCUT2D eigenvalue weighted by Gasteiger charge is -2.26. The fourth-order valence-electron chi connectivity index (χ4n) is 4.36. The van der Waals surface area contributed by atoms with Gasteiger partial charge in [-0.05, 0) is 32.3 Å². The van der Waals surface area contributed by atoms with E-state index >= 15 is 0 Å². The number of halogens is 3. The van der Waals surface area contributed by atoms with E-state index in [1.165, 1.54) is 7.11 Å². The Morgan fingerprint density at radius 2 is 2.00 bits per heavy atom. The van der Waals surface area contributed by atoms with Crippen LogP contribution in [0.25, 0.3) is 0 Å². The number of carbonyl (C=O) groups is 3. The fourth-order valence-corrected chi connectivity index (χ4v) is 5.39. The second-order valence-corrected chi connectivity index (χ2v) is 9.98. The van der Waals surface area contributed by atoms with Gasteiger partial charge < -0.3 is 19.1 Å². The van der Waals surface area contributed by atoms with Crippen LogP contribution in [0.3, 0.4) is 0 Å². The van der Waals surface area contributed by atoms with E-state index in [-0.39, 0.29) is 48.0 Å². The Bertz CT molecular complexity index is 1080. The van der Waals surface area contributed by atoms with Gasteiger partial charge in [0.15, 0.2) is 0 Å². The number of methoxy groups -OCH3 is 1. The normalized spacial score (nSPS) is 16.0. The van der Waals surface area contributed by atoms with Crippen molar-refractivity contribution in [3.8, 4) is 5.75 Å². The first kappa shape index (κ1) is 28.8. The number of hydrogen-bond acceptors (Lipinski definition) is 8. The molecule has 0 saturated carbocycles. The molecule has 1 amide bonds. The zero-order valence-electron chi connectivity index (χ0n) is 21.3. The first-order valence-electron chi connectivity index (χ1n) is 11.8. The van der Waals surface area contributed by atoms with Gasteiger partial charge in [-0.1, -0.05) is 11.6 Å². The number of ether oxygens (including phenoxy) is 3. The predicted molar refractivity (Wildman–Crippen MR) is 133 cm³/mol. The highest BCUT2D eigenvalue weighted by Crippen LogP contribution is 2.43. The van der Waals surface area contributed by atoms with Crippen LogP contribution >= 0.6 is 11.8 Å². The SMILES string of the molecule is COc1c(C)c2c(c(N(C)C(=O)C(F)(F)F)c1CC=C(C)CCC(=O)OCCN1CCSC1)C(=O)OC2. The third kappa shape index (κ3) is 6.78. The van der Waals surface area contributed by atoms with Gasteiger partial charge in [-0.3, -0.25) is 14.5 Å². The second kappa shape index (κ2) is 12.2. The van der Waals surface area contributed by atoms with Gasteiger partial charge >= 0.3 is 24.0 Å². The molecule has 37 heavy (non-hydrogen) atoms. The van der Waals surface area contributed by atoms with E-state index in [2.05, 4.69) is 4.90 Å². The zero-order chi connectivity index (χ0) is 27.3. The Kier molecular flexibility index (Phi) is 9.51. The van der Waals surface area contributed by atoms with Crippen LogP contribution in [0, 0.1) is 6.92 Å². The zero-order valence-corrected chi connectivity index (χ0v) is 22.1. The van der Waals surface area contributed by atoms with Crippen molar-refractivity contribution in [2.45, 2.75) is 45.9 Å². The molecule has 2 heterocycles. The summed E-state index contributed by atoms with van der Waals surface area (Å²) >= 11 is 1.84. The number of thioether (sulfide) groups is 1. The Labute approximate surface area is 218 Å². The van der Waals surface area contributed by atoms with Gasteiger partial charge in [0.25, 0.3) is 0 Å². The number of fused-ring (bicyclic) bond motifs is 1. The number of alkyl halides is 3. The van der Waals surface area contributed by atoms with Crippen molar-refractivity contribution in [3.05, 3.63) is 33.9 Å². The predicted octanol–water partition coefficient (Wildman–Crippen LogP) is 4.02. The Morgan fingerprint density at radius 3 is 2.62 bits per heavy atom. The largest absolute Gasteiger partial charge is 0.496 e. The number of anilines is 1. The third-order valence-corrected chi connectivity index (χ3v) is 7.42. The molecular formula is C25H31F3N2O6S. The number of esters is 2. The van der Waals surface area contributed by atoms with Crippen molar-refractivity contribution in [2.24, 2.45) is 0 Å². The number of nitrogens with zero attached hydrogens (tertiary/aromatic N) is 2. The fraction of sp³-hybridized carbons (Fsp3) is 0.560. The molecule has 1 saturated heterocycles. The summed E-state index contributed by atoms with van der Waals surface area (Å²) in [5.74, 6) is -0.946. The summed E-state index contributed by atoms with van der Waals surface area (Å²) in [4.78, 5) is 39.4. The van der Waals surface area contributed by atoms with Gasteiger partial charge in [0.1, 0.15) is 19.0 Å². The minimum Gasteiger partial charge on any atom is -0.496 e. The van der Waals surface area contributed by atoms with Crippen LogP contribution in [-0.4, -0.2) is 74.4 Å². The molecule has 0 aromatic heterocycles. The summed E-state index contributed by atoms with van der Waals surface area (Å²) in [6.45, 7) is 5.36. The molecule has 1 aromatic rings. The molecule has 1 aromatic carbocycles. The van der Waals surface area contributed by atoms with Gasteiger partial charge in [0.05, 0.1) is 18.4 Å². The molecule has 2 aliphatic rings. The van der Waals surface area contributed by atoms with Crippen LogP contribution in [0.5, 0.6) is 5.75 Å². The number of allylic oxidation sites excluding steroid dienone is 2. The highest BCUT2D eigenvalue weighted by Gasteiger charge is 2.44. The molecule has 0 aliphatic carbocycles. The van der Waals surface area contributed by atoms with Crippen molar-refractivity contribution in [1.82, 2.24) is 4.90 Å². The molecule has 1 fully saturated rings. The number of amides is 1. The highest BCUT2D eigenvalue weighted by molar-refractivity contribution is 7.99. The highest BCUT2D eigenvalue weighted by atomic mass is 32.2. The average molecular weight is 545 g/mol. The van der Waals surface area contributed by atoms with Crippen LogP contribution in [0.1, 0.15) is 46.8 Å². The van der Waals surface area contributed by atoms with E-state index < -0.39 is 18.1 Å². The van der Waals surface area contributed by atoms with Gasteiger partial charge in [-0.15, -0.1) is 11.8 Å². The lowest BCUT2D eigenvalue weighted by molar-refractivity contribution is -0.170. The van der Waals surface area contributed by atoms with Crippen LogP contribution in [-0.2, 0) is 32.1 Å². The quantitative estimate of drug-likeness (QED) is 0.323. The summed E-state index contributed by atoms with van der Waals surface area (Å²) in [5, 5.41) is 0. The molecule has 0 unspecified atom stereocenters. The number of hydrogen-bond donors (Lipinski definition) is 0. The van der Waals surface area contributed by atoms with Crippen LogP contribution < -0.4 is 9.64 Å². The maximum atomic E-state index is 13.3. The monoisotopic (exact) mass is 544 g/mol. The molecule has 8 nitrogen and oxygen atoms in total. The molecule has 0 atom stereocenters. The first-order chi connectivity index (χ1) is 17.5. The first-order valence-corrected chi connectivity index (χ1v) is 13.0. The van der Waals surface area contributed by atoms with E-state index in [1.54, 1.807) is 19.9 Å². The molecule has 2 aliphatic heterocycles. The van der Waals surface area contributed by atoms with E-state index in [9.17, 15) is 27.6 Å².